The minimum absolute atomic E-state index is 0.345. The lowest BCUT2D eigenvalue weighted by atomic mass is 10.2. The molecule has 0 aromatic heterocycles. The highest BCUT2D eigenvalue weighted by atomic mass is 16.5. The molecule has 0 spiro atoms. The number of morpholine rings is 1. The average Bonchev–Trinajstić information content (AvgIpc) is 2.74. The molecular weight excluding hydrogens is 352 g/mol. The Morgan fingerprint density at radius 2 is 1.61 bits per heavy atom. The van der Waals surface area contributed by atoms with Gasteiger partial charge < -0.3 is 14.6 Å². The molecule has 0 unspecified atom stereocenters. The molecule has 0 saturated carbocycles. The fraction of sp³-hybridized carbons (Fsp3) is 0.478. The van der Waals surface area contributed by atoms with Gasteiger partial charge in [0.05, 0.1) is 32.5 Å². The van der Waals surface area contributed by atoms with Crippen molar-refractivity contribution in [1.29, 1.82) is 0 Å². The van der Waals surface area contributed by atoms with Gasteiger partial charge in [0.25, 0.3) is 0 Å². The second kappa shape index (κ2) is 11.9. The molecule has 1 heterocycles. The third kappa shape index (κ3) is 7.70. The van der Waals surface area contributed by atoms with Gasteiger partial charge in [-0.3, -0.25) is 9.80 Å². The lowest BCUT2D eigenvalue weighted by Crippen LogP contribution is -2.43. The summed E-state index contributed by atoms with van der Waals surface area (Å²) in [6, 6.07) is 20.5. The van der Waals surface area contributed by atoms with E-state index in [0.29, 0.717) is 19.8 Å². The molecule has 1 saturated heterocycles. The summed E-state index contributed by atoms with van der Waals surface area (Å²) in [4.78, 5) is 4.75. The van der Waals surface area contributed by atoms with Crippen LogP contribution in [0.3, 0.4) is 0 Å². The quantitative estimate of drug-likeness (QED) is 0.645. The molecule has 1 atom stereocenters. The molecule has 1 N–H and O–H groups in total. The average molecular weight is 385 g/mol. The molecule has 0 aliphatic carbocycles. The SMILES string of the molecule is O[C@@H](COCc1ccccc1)CN(CCN1CCOCC1)Cc1ccccc1. The van der Waals surface area contributed by atoms with Crippen LogP contribution in [-0.4, -0.2) is 73.6 Å². The van der Waals surface area contributed by atoms with E-state index in [-0.39, 0.29) is 0 Å². The first-order chi connectivity index (χ1) is 13.8. The Morgan fingerprint density at radius 3 is 2.29 bits per heavy atom. The van der Waals surface area contributed by atoms with E-state index < -0.39 is 6.10 Å². The summed E-state index contributed by atoms with van der Waals surface area (Å²) < 4.78 is 11.2. The van der Waals surface area contributed by atoms with Crippen molar-refractivity contribution in [2.45, 2.75) is 19.3 Å². The van der Waals surface area contributed by atoms with Gasteiger partial charge in [-0.05, 0) is 11.1 Å². The minimum Gasteiger partial charge on any atom is -0.389 e. The highest BCUT2D eigenvalue weighted by molar-refractivity contribution is 5.14. The summed E-state index contributed by atoms with van der Waals surface area (Å²) in [6.45, 7) is 7.84. The summed E-state index contributed by atoms with van der Waals surface area (Å²) in [5.74, 6) is 0. The molecule has 1 fully saturated rings. The Balaban J connectivity index is 1.46. The standard InChI is InChI=1S/C23H32N2O3/c26-23(20-28-19-22-9-5-2-6-10-22)18-25(17-21-7-3-1-4-8-21)12-11-24-13-15-27-16-14-24/h1-10,23,26H,11-20H2/t23-/m1/s1. The summed E-state index contributed by atoms with van der Waals surface area (Å²) in [7, 11) is 0. The normalized spacial score (nSPS) is 16.4. The summed E-state index contributed by atoms with van der Waals surface area (Å²) in [6.07, 6.45) is -0.503. The van der Waals surface area contributed by atoms with Gasteiger partial charge in [-0.25, -0.2) is 0 Å². The van der Waals surface area contributed by atoms with Crippen LogP contribution in [0.1, 0.15) is 11.1 Å². The second-order valence-electron chi connectivity index (χ2n) is 7.33. The molecule has 1 aliphatic heterocycles. The lowest BCUT2D eigenvalue weighted by Gasteiger charge is -2.31. The molecule has 0 amide bonds. The topological polar surface area (TPSA) is 45.2 Å². The first kappa shape index (κ1) is 21.0. The molecule has 28 heavy (non-hydrogen) atoms. The zero-order chi connectivity index (χ0) is 19.4. The monoisotopic (exact) mass is 384 g/mol. The Morgan fingerprint density at radius 1 is 0.964 bits per heavy atom. The Bertz CT molecular complexity index is 647. The maximum Gasteiger partial charge on any atom is 0.0900 e. The summed E-state index contributed by atoms with van der Waals surface area (Å²) in [5.41, 5.74) is 2.39. The molecule has 2 aromatic carbocycles. The lowest BCUT2D eigenvalue weighted by molar-refractivity contribution is 0.00211. The van der Waals surface area contributed by atoms with Gasteiger partial charge >= 0.3 is 0 Å². The van der Waals surface area contributed by atoms with Gasteiger partial charge in [-0.15, -0.1) is 0 Å². The van der Waals surface area contributed by atoms with Crippen LogP contribution >= 0.6 is 0 Å². The Hall–Kier alpha value is -1.76. The second-order valence-corrected chi connectivity index (χ2v) is 7.33. The van der Waals surface area contributed by atoms with Crippen molar-refractivity contribution in [3.63, 3.8) is 0 Å². The Labute approximate surface area is 168 Å². The van der Waals surface area contributed by atoms with E-state index in [1.807, 2.05) is 36.4 Å². The van der Waals surface area contributed by atoms with Crippen molar-refractivity contribution < 1.29 is 14.6 Å². The third-order valence-corrected chi connectivity index (χ3v) is 4.98. The van der Waals surface area contributed by atoms with E-state index in [1.54, 1.807) is 0 Å². The van der Waals surface area contributed by atoms with E-state index in [9.17, 15) is 5.11 Å². The van der Waals surface area contributed by atoms with E-state index in [2.05, 4.69) is 34.1 Å². The Kier molecular flexibility index (Phi) is 8.94. The van der Waals surface area contributed by atoms with Crippen molar-refractivity contribution in [3.05, 3.63) is 71.8 Å². The van der Waals surface area contributed by atoms with Crippen LogP contribution in [0.4, 0.5) is 0 Å². The molecular formula is C23H32N2O3. The molecule has 152 valence electrons. The van der Waals surface area contributed by atoms with Crippen molar-refractivity contribution >= 4 is 0 Å². The number of aliphatic hydroxyl groups is 1. The highest BCUT2D eigenvalue weighted by Gasteiger charge is 2.16. The van der Waals surface area contributed by atoms with Crippen LogP contribution in [0, 0.1) is 0 Å². The molecule has 0 radical (unpaired) electrons. The molecule has 0 bridgehead atoms. The van der Waals surface area contributed by atoms with Crippen molar-refractivity contribution in [2.24, 2.45) is 0 Å². The summed E-state index contributed by atoms with van der Waals surface area (Å²) in [5, 5.41) is 10.5. The van der Waals surface area contributed by atoms with E-state index in [4.69, 9.17) is 9.47 Å². The number of hydrogen-bond donors (Lipinski definition) is 1. The van der Waals surface area contributed by atoms with E-state index in [0.717, 1.165) is 51.5 Å². The van der Waals surface area contributed by atoms with Gasteiger partial charge in [0.2, 0.25) is 0 Å². The summed E-state index contributed by atoms with van der Waals surface area (Å²) >= 11 is 0. The number of nitrogens with zero attached hydrogens (tertiary/aromatic N) is 2. The van der Waals surface area contributed by atoms with Crippen LogP contribution in [-0.2, 0) is 22.6 Å². The smallest absolute Gasteiger partial charge is 0.0900 e. The number of rotatable bonds is 11. The van der Waals surface area contributed by atoms with Crippen molar-refractivity contribution in [2.75, 3.05) is 52.5 Å². The van der Waals surface area contributed by atoms with Crippen LogP contribution < -0.4 is 0 Å². The highest BCUT2D eigenvalue weighted by Crippen LogP contribution is 2.08. The van der Waals surface area contributed by atoms with E-state index in [1.165, 1.54) is 5.56 Å². The van der Waals surface area contributed by atoms with Crippen LogP contribution in [0.15, 0.2) is 60.7 Å². The van der Waals surface area contributed by atoms with Gasteiger partial charge in [0, 0.05) is 39.3 Å². The maximum atomic E-state index is 10.5. The van der Waals surface area contributed by atoms with Gasteiger partial charge in [0.1, 0.15) is 0 Å². The van der Waals surface area contributed by atoms with Crippen molar-refractivity contribution in [3.8, 4) is 0 Å². The predicted octanol–water partition coefficient (Wildman–Crippen LogP) is 2.40. The first-order valence-electron chi connectivity index (χ1n) is 10.2. The van der Waals surface area contributed by atoms with Gasteiger partial charge in [-0.1, -0.05) is 60.7 Å². The third-order valence-electron chi connectivity index (χ3n) is 4.98. The largest absolute Gasteiger partial charge is 0.389 e. The number of ether oxygens (including phenoxy) is 2. The predicted molar refractivity (Wildman–Crippen MR) is 111 cm³/mol. The van der Waals surface area contributed by atoms with Gasteiger partial charge in [-0.2, -0.15) is 0 Å². The van der Waals surface area contributed by atoms with Crippen LogP contribution in [0.2, 0.25) is 0 Å². The number of benzene rings is 2. The molecule has 5 heteroatoms. The molecule has 2 aromatic rings. The minimum atomic E-state index is -0.503. The zero-order valence-corrected chi connectivity index (χ0v) is 16.6. The number of aliphatic hydroxyl groups excluding tert-OH is 1. The van der Waals surface area contributed by atoms with Gasteiger partial charge in [0.15, 0.2) is 0 Å². The van der Waals surface area contributed by atoms with E-state index >= 15 is 0 Å². The molecule has 3 rings (SSSR count). The first-order valence-corrected chi connectivity index (χ1v) is 10.2. The fourth-order valence-electron chi connectivity index (χ4n) is 3.42. The number of hydrogen-bond acceptors (Lipinski definition) is 5. The molecule has 5 nitrogen and oxygen atoms in total. The zero-order valence-electron chi connectivity index (χ0n) is 16.6. The van der Waals surface area contributed by atoms with Crippen molar-refractivity contribution in [1.82, 2.24) is 9.80 Å². The maximum absolute atomic E-state index is 10.5. The molecule has 1 aliphatic rings. The fourth-order valence-corrected chi connectivity index (χ4v) is 3.42. The van der Waals surface area contributed by atoms with Crippen LogP contribution in [0.25, 0.3) is 0 Å². The van der Waals surface area contributed by atoms with Crippen LogP contribution in [0.5, 0.6) is 0 Å².